The number of hydrogen-bond donors (Lipinski definition) is 2. The van der Waals surface area contributed by atoms with Gasteiger partial charge in [-0.05, 0) is 38.0 Å². The van der Waals surface area contributed by atoms with Crippen LogP contribution in [0.4, 0.5) is 0 Å². The summed E-state index contributed by atoms with van der Waals surface area (Å²) in [4.78, 5) is 23.4. The zero-order valence-corrected chi connectivity index (χ0v) is 12.3. The molecule has 2 unspecified atom stereocenters. The van der Waals surface area contributed by atoms with Crippen molar-refractivity contribution >= 4 is 11.9 Å². The van der Waals surface area contributed by atoms with Gasteiger partial charge in [-0.2, -0.15) is 0 Å². The van der Waals surface area contributed by atoms with Gasteiger partial charge < -0.3 is 15.2 Å². The molecule has 110 valence electrons. The number of carbonyl (C=O) groups is 2. The molecule has 0 aliphatic heterocycles. The lowest BCUT2D eigenvalue weighted by Crippen LogP contribution is -2.52. The van der Waals surface area contributed by atoms with E-state index in [0.29, 0.717) is 12.2 Å². The van der Waals surface area contributed by atoms with E-state index in [1.54, 1.807) is 39.2 Å². The molecule has 0 bridgehead atoms. The predicted molar refractivity (Wildman–Crippen MR) is 75.9 cm³/mol. The van der Waals surface area contributed by atoms with Crippen molar-refractivity contribution in [1.82, 2.24) is 5.32 Å². The van der Waals surface area contributed by atoms with Crippen molar-refractivity contribution in [1.29, 1.82) is 0 Å². The van der Waals surface area contributed by atoms with Crippen LogP contribution in [0.2, 0.25) is 0 Å². The lowest BCUT2D eigenvalue weighted by atomic mass is 9.95. The molecular weight excluding hydrogens is 258 g/mol. The SMILES string of the molecule is CCC(C)(NC(=O)C(C)c1cccc(OC)c1)C(=O)O. The average Bonchev–Trinajstić information content (AvgIpc) is 2.45. The Bertz CT molecular complexity index is 500. The number of carbonyl (C=O) groups excluding carboxylic acids is 1. The molecule has 20 heavy (non-hydrogen) atoms. The largest absolute Gasteiger partial charge is 0.497 e. The molecule has 0 aliphatic rings. The zero-order chi connectivity index (χ0) is 15.3. The van der Waals surface area contributed by atoms with Crippen LogP contribution < -0.4 is 10.1 Å². The van der Waals surface area contributed by atoms with Crippen LogP contribution in [0.25, 0.3) is 0 Å². The number of hydrogen-bond acceptors (Lipinski definition) is 3. The third-order valence-corrected chi connectivity index (χ3v) is 3.57. The van der Waals surface area contributed by atoms with Crippen LogP contribution in [0.1, 0.15) is 38.7 Å². The van der Waals surface area contributed by atoms with Crippen molar-refractivity contribution in [2.45, 2.75) is 38.6 Å². The molecule has 2 atom stereocenters. The number of methoxy groups -OCH3 is 1. The number of carboxylic acid groups (broad SMARTS) is 1. The number of rotatable bonds is 6. The second-order valence-corrected chi connectivity index (χ2v) is 4.98. The maximum Gasteiger partial charge on any atom is 0.329 e. The van der Waals surface area contributed by atoms with Crippen LogP contribution in [-0.4, -0.2) is 29.6 Å². The highest BCUT2D eigenvalue weighted by Crippen LogP contribution is 2.22. The van der Waals surface area contributed by atoms with Crippen LogP contribution in [0.3, 0.4) is 0 Å². The Morgan fingerprint density at radius 3 is 2.60 bits per heavy atom. The van der Waals surface area contributed by atoms with Gasteiger partial charge in [0.2, 0.25) is 5.91 Å². The van der Waals surface area contributed by atoms with E-state index in [-0.39, 0.29) is 5.91 Å². The van der Waals surface area contributed by atoms with Crippen molar-refractivity contribution < 1.29 is 19.4 Å². The second-order valence-electron chi connectivity index (χ2n) is 4.98. The van der Waals surface area contributed by atoms with E-state index in [0.717, 1.165) is 5.56 Å². The first-order chi connectivity index (χ1) is 9.34. The minimum atomic E-state index is -1.25. The number of aliphatic carboxylic acids is 1. The first-order valence-electron chi connectivity index (χ1n) is 6.53. The molecule has 0 aliphatic carbocycles. The van der Waals surface area contributed by atoms with Gasteiger partial charge in [-0.3, -0.25) is 4.79 Å². The smallest absolute Gasteiger partial charge is 0.329 e. The van der Waals surface area contributed by atoms with Crippen molar-refractivity contribution in [3.8, 4) is 5.75 Å². The molecule has 1 rings (SSSR count). The van der Waals surface area contributed by atoms with Gasteiger partial charge in [-0.25, -0.2) is 4.79 Å². The normalized spacial score (nSPS) is 15.0. The number of amides is 1. The summed E-state index contributed by atoms with van der Waals surface area (Å²) < 4.78 is 5.12. The summed E-state index contributed by atoms with van der Waals surface area (Å²) in [6, 6.07) is 7.18. The maximum absolute atomic E-state index is 12.2. The van der Waals surface area contributed by atoms with Gasteiger partial charge >= 0.3 is 5.97 Å². The first kappa shape index (κ1) is 16.0. The van der Waals surface area contributed by atoms with E-state index in [2.05, 4.69) is 5.32 Å². The topological polar surface area (TPSA) is 75.6 Å². The number of carboxylic acids is 1. The highest BCUT2D eigenvalue weighted by molar-refractivity contribution is 5.90. The minimum Gasteiger partial charge on any atom is -0.497 e. The molecule has 0 saturated heterocycles. The predicted octanol–water partition coefficient (Wildman–Crippen LogP) is 2.17. The standard InChI is InChI=1S/C15H21NO4/c1-5-15(3,14(18)19)16-13(17)10(2)11-7-6-8-12(9-11)20-4/h6-10H,5H2,1-4H3,(H,16,17)(H,18,19). The molecule has 0 saturated carbocycles. The van der Waals surface area contributed by atoms with Gasteiger partial charge in [-0.1, -0.05) is 19.1 Å². The molecular formula is C15H21NO4. The third-order valence-electron chi connectivity index (χ3n) is 3.57. The summed E-state index contributed by atoms with van der Waals surface area (Å²) in [5, 5.41) is 11.8. The summed E-state index contributed by atoms with van der Waals surface area (Å²) in [6.07, 6.45) is 0.318. The summed E-state index contributed by atoms with van der Waals surface area (Å²) in [5.41, 5.74) is -0.463. The van der Waals surface area contributed by atoms with E-state index in [1.165, 1.54) is 6.92 Å². The van der Waals surface area contributed by atoms with Crippen LogP contribution in [0.15, 0.2) is 24.3 Å². The van der Waals surface area contributed by atoms with Gasteiger partial charge in [0.25, 0.3) is 0 Å². The van der Waals surface area contributed by atoms with Crippen molar-refractivity contribution in [3.05, 3.63) is 29.8 Å². The van der Waals surface area contributed by atoms with E-state index < -0.39 is 17.4 Å². The Balaban J connectivity index is 2.88. The molecule has 5 heteroatoms. The van der Waals surface area contributed by atoms with Gasteiger partial charge in [-0.15, -0.1) is 0 Å². The molecule has 5 nitrogen and oxygen atoms in total. The first-order valence-corrected chi connectivity index (χ1v) is 6.53. The van der Waals surface area contributed by atoms with E-state index >= 15 is 0 Å². The van der Waals surface area contributed by atoms with Gasteiger partial charge in [0.05, 0.1) is 13.0 Å². The molecule has 0 heterocycles. The minimum absolute atomic E-state index is 0.315. The van der Waals surface area contributed by atoms with Gasteiger partial charge in [0.15, 0.2) is 0 Å². The van der Waals surface area contributed by atoms with Crippen LogP contribution in [-0.2, 0) is 9.59 Å². The molecule has 0 radical (unpaired) electrons. The highest BCUT2D eigenvalue weighted by atomic mass is 16.5. The van der Waals surface area contributed by atoms with Gasteiger partial charge in [0.1, 0.15) is 11.3 Å². The Kier molecular flexibility index (Phi) is 5.13. The molecule has 2 N–H and O–H groups in total. The molecule has 0 fully saturated rings. The van der Waals surface area contributed by atoms with Crippen molar-refractivity contribution in [2.75, 3.05) is 7.11 Å². The van der Waals surface area contributed by atoms with E-state index in [9.17, 15) is 14.7 Å². The fourth-order valence-electron chi connectivity index (χ4n) is 1.74. The van der Waals surface area contributed by atoms with E-state index in [1.807, 2.05) is 6.07 Å². The Labute approximate surface area is 118 Å². The molecule has 0 spiro atoms. The fourth-order valence-corrected chi connectivity index (χ4v) is 1.74. The Morgan fingerprint density at radius 1 is 1.45 bits per heavy atom. The molecule has 1 amide bonds. The lowest BCUT2D eigenvalue weighted by Gasteiger charge is -2.26. The van der Waals surface area contributed by atoms with Crippen LogP contribution in [0.5, 0.6) is 5.75 Å². The lowest BCUT2D eigenvalue weighted by molar-refractivity contribution is -0.147. The van der Waals surface area contributed by atoms with Crippen LogP contribution in [0, 0.1) is 0 Å². The molecule has 1 aromatic rings. The van der Waals surface area contributed by atoms with Crippen molar-refractivity contribution in [3.63, 3.8) is 0 Å². The Morgan fingerprint density at radius 2 is 2.10 bits per heavy atom. The summed E-state index contributed by atoms with van der Waals surface area (Å²) in [7, 11) is 1.56. The third kappa shape index (κ3) is 3.50. The Hall–Kier alpha value is -2.04. The highest BCUT2D eigenvalue weighted by Gasteiger charge is 2.34. The van der Waals surface area contributed by atoms with Gasteiger partial charge in [0, 0.05) is 0 Å². The second kappa shape index (κ2) is 6.41. The summed E-state index contributed by atoms with van der Waals surface area (Å²) in [5.74, 6) is -1.13. The fraction of sp³-hybridized carbons (Fsp3) is 0.467. The summed E-state index contributed by atoms with van der Waals surface area (Å²) >= 11 is 0. The monoisotopic (exact) mass is 279 g/mol. The average molecular weight is 279 g/mol. The molecule has 1 aromatic carbocycles. The maximum atomic E-state index is 12.2. The number of nitrogens with one attached hydrogen (secondary N) is 1. The number of benzene rings is 1. The molecule has 0 aromatic heterocycles. The van der Waals surface area contributed by atoms with Crippen molar-refractivity contribution in [2.24, 2.45) is 0 Å². The quantitative estimate of drug-likeness (QED) is 0.836. The number of ether oxygens (including phenoxy) is 1. The van der Waals surface area contributed by atoms with Crippen LogP contribution >= 0.6 is 0 Å². The van der Waals surface area contributed by atoms with E-state index in [4.69, 9.17) is 4.74 Å². The summed E-state index contributed by atoms with van der Waals surface area (Å²) in [6.45, 7) is 4.97. The zero-order valence-electron chi connectivity index (χ0n) is 12.3.